The first-order valence-electron chi connectivity index (χ1n) is 8.65. The summed E-state index contributed by atoms with van der Waals surface area (Å²) in [5, 5.41) is 4.04. The van der Waals surface area contributed by atoms with Gasteiger partial charge in [-0.1, -0.05) is 5.16 Å². The molecule has 0 saturated carbocycles. The number of rotatable bonds is 4. The number of aromatic nitrogens is 3. The van der Waals surface area contributed by atoms with Gasteiger partial charge in [-0.15, -0.1) is 0 Å². The van der Waals surface area contributed by atoms with E-state index in [1.165, 1.54) is 0 Å². The number of nitrogens with zero attached hydrogens (tertiary/aromatic N) is 5. The van der Waals surface area contributed by atoms with Crippen LogP contribution in [0.2, 0.25) is 0 Å². The second kappa shape index (κ2) is 7.28. The molecule has 4 heterocycles. The van der Waals surface area contributed by atoms with Crippen LogP contribution in [0.25, 0.3) is 11.4 Å². The number of ether oxygens (including phenoxy) is 1. The topological polar surface area (TPSA) is 84.6 Å². The first kappa shape index (κ1) is 16.2. The number of carbonyl (C=O) groups is 1. The highest BCUT2D eigenvalue weighted by atomic mass is 16.5. The van der Waals surface area contributed by atoms with Gasteiger partial charge in [0.15, 0.2) is 0 Å². The lowest BCUT2D eigenvalue weighted by Gasteiger charge is -2.32. The molecule has 2 aromatic heterocycles. The zero-order chi connectivity index (χ0) is 17.1. The fraction of sp³-hybridized carbons (Fsp3) is 0.529. The molecule has 0 N–H and O–H groups in total. The number of hydrogen-bond donors (Lipinski definition) is 0. The molecule has 1 atom stereocenters. The highest BCUT2D eigenvalue weighted by Crippen LogP contribution is 2.23. The summed E-state index contributed by atoms with van der Waals surface area (Å²) in [6, 6.07) is 3.58. The number of pyridine rings is 1. The summed E-state index contributed by atoms with van der Waals surface area (Å²) in [5.41, 5.74) is 0.868. The van der Waals surface area contributed by atoms with E-state index in [-0.39, 0.29) is 11.9 Å². The number of amides is 1. The van der Waals surface area contributed by atoms with E-state index in [1.54, 1.807) is 12.4 Å². The third kappa shape index (κ3) is 3.54. The molecule has 0 unspecified atom stereocenters. The maximum atomic E-state index is 12.8. The van der Waals surface area contributed by atoms with Gasteiger partial charge in [0, 0.05) is 31.0 Å². The van der Waals surface area contributed by atoms with Gasteiger partial charge in [-0.3, -0.25) is 14.7 Å². The fourth-order valence-electron chi connectivity index (χ4n) is 3.40. The summed E-state index contributed by atoms with van der Waals surface area (Å²) in [7, 11) is 0. The van der Waals surface area contributed by atoms with Crippen LogP contribution < -0.4 is 0 Å². The quantitative estimate of drug-likeness (QED) is 0.817. The molecule has 0 aliphatic carbocycles. The van der Waals surface area contributed by atoms with Crippen molar-refractivity contribution in [1.29, 1.82) is 0 Å². The van der Waals surface area contributed by atoms with Gasteiger partial charge in [-0.25, -0.2) is 0 Å². The first-order valence-corrected chi connectivity index (χ1v) is 8.65. The molecule has 0 bridgehead atoms. The van der Waals surface area contributed by atoms with Crippen LogP contribution in [0.4, 0.5) is 0 Å². The Labute approximate surface area is 145 Å². The van der Waals surface area contributed by atoms with Crippen molar-refractivity contribution in [3.05, 3.63) is 30.4 Å². The average molecular weight is 343 g/mol. The average Bonchev–Trinajstić information content (AvgIpc) is 3.33. The molecule has 8 heteroatoms. The molecule has 0 radical (unpaired) electrons. The standard InChI is InChI=1S/C17H21N5O3/c23-17(21-8-10-24-11-9-21)14-2-1-7-22(14)12-15-19-16(20-25-15)13-3-5-18-6-4-13/h3-6,14H,1-2,7-12H2/t14-/m0/s1. The fourth-order valence-corrected chi connectivity index (χ4v) is 3.40. The Morgan fingerprint density at radius 3 is 2.80 bits per heavy atom. The van der Waals surface area contributed by atoms with Gasteiger partial charge in [0.1, 0.15) is 0 Å². The monoisotopic (exact) mass is 343 g/mol. The van der Waals surface area contributed by atoms with Gasteiger partial charge in [0.05, 0.1) is 25.8 Å². The van der Waals surface area contributed by atoms with E-state index in [0.717, 1.165) is 24.9 Å². The van der Waals surface area contributed by atoms with Crippen LogP contribution in [0.5, 0.6) is 0 Å². The molecule has 132 valence electrons. The van der Waals surface area contributed by atoms with Crippen molar-refractivity contribution in [1.82, 2.24) is 24.9 Å². The summed E-state index contributed by atoms with van der Waals surface area (Å²) < 4.78 is 10.7. The smallest absolute Gasteiger partial charge is 0.241 e. The second-order valence-corrected chi connectivity index (χ2v) is 6.31. The van der Waals surface area contributed by atoms with Crippen LogP contribution in [-0.2, 0) is 16.1 Å². The molecule has 2 fully saturated rings. The molecule has 2 aliphatic heterocycles. The van der Waals surface area contributed by atoms with Crippen molar-refractivity contribution in [3.8, 4) is 11.4 Å². The van der Waals surface area contributed by atoms with Gasteiger partial charge in [0.25, 0.3) is 0 Å². The maximum absolute atomic E-state index is 12.8. The highest BCUT2D eigenvalue weighted by molar-refractivity contribution is 5.82. The summed E-state index contributed by atoms with van der Waals surface area (Å²) in [6.07, 6.45) is 5.28. The molecular weight excluding hydrogens is 322 g/mol. The van der Waals surface area contributed by atoms with Gasteiger partial charge < -0.3 is 14.2 Å². The van der Waals surface area contributed by atoms with Crippen molar-refractivity contribution in [2.45, 2.75) is 25.4 Å². The molecule has 0 spiro atoms. The molecule has 2 saturated heterocycles. The molecule has 4 rings (SSSR count). The van der Waals surface area contributed by atoms with Crippen molar-refractivity contribution in [2.75, 3.05) is 32.8 Å². The Bertz CT molecular complexity index is 714. The highest BCUT2D eigenvalue weighted by Gasteiger charge is 2.35. The molecule has 8 nitrogen and oxygen atoms in total. The molecule has 0 aromatic carbocycles. The third-order valence-corrected chi connectivity index (χ3v) is 4.72. The van der Waals surface area contributed by atoms with Crippen molar-refractivity contribution in [3.63, 3.8) is 0 Å². The summed E-state index contributed by atoms with van der Waals surface area (Å²) in [5.74, 6) is 1.27. The lowest BCUT2D eigenvalue weighted by Crippen LogP contribution is -2.49. The van der Waals surface area contributed by atoms with E-state index in [2.05, 4.69) is 20.0 Å². The predicted molar refractivity (Wildman–Crippen MR) is 88.4 cm³/mol. The minimum Gasteiger partial charge on any atom is -0.378 e. The van der Waals surface area contributed by atoms with E-state index in [9.17, 15) is 4.79 Å². The summed E-state index contributed by atoms with van der Waals surface area (Å²) >= 11 is 0. The lowest BCUT2D eigenvalue weighted by atomic mass is 10.2. The Morgan fingerprint density at radius 2 is 2.00 bits per heavy atom. The summed E-state index contributed by atoms with van der Waals surface area (Å²) in [6.45, 7) is 3.97. The van der Waals surface area contributed by atoms with Gasteiger partial charge in [0.2, 0.25) is 17.6 Å². The molecule has 25 heavy (non-hydrogen) atoms. The predicted octanol–water partition coefficient (Wildman–Crippen LogP) is 0.955. The SMILES string of the molecule is O=C([C@@H]1CCCN1Cc1nc(-c2ccncc2)no1)N1CCOCC1. The van der Waals surface area contributed by atoms with Crippen molar-refractivity contribution < 1.29 is 14.1 Å². The normalized spacial score (nSPS) is 21.6. The molecule has 1 amide bonds. The summed E-state index contributed by atoms with van der Waals surface area (Å²) in [4.78, 5) is 25.3. The molecule has 2 aromatic rings. The van der Waals surface area contributed by atoms with Crippen LogP contribution in [0, 0.1) is 0 Å². The Balaban J connectivity index is 1.43. The molecular formula is C17H21N5O3. The van der Waals surface area contributed by atoms with Crippen molar-refractivity contribution >= 4 is 5.91 Å². The van der Waals surface area contributed by atoms with E-state index in [4.69, 9.17) is 9.26 Å². The zero-order valence-electron chi connectivity index (χ0n) is 14.0. The van der Waals surface area contributed by atoms with E-state index in [1.807, 2.05) is 17.0 Å². The van der Waals surface area contributed by atoms with Crippen LogP contribution in [0.3, 0.4) is 0 Å². The zero-order valence-corrected chi connectivity index (χ0v) is 14.0. The number of carbonyl (C=O) groups excluding carboxylic acids is 1. The minimum atomic E-state index is -0.102. The maximum Gasteiger partial charge on any atom is 0.241 e. The van der Waals surface area contributed by atoms with Crippen LogP contribution in [0.1, 0.15) is 18.7 Å². The number of morpholine rings is 1. The molecule has 2 aliphatic rings. The Morgan fingerprint density at radius 1 is 1.20 bits per heavy atom. The number of likely N-dealkylation sites (tertiary alicyclic amines) is 1. The third-order valence-electron chi connectivity index (χ3n) is 4.72. The van der Waals surface area contributed by atoms with Gasteiger partial charge in [-0.2, -0.15) is 4.98 Å². The lowest BCUT2D eigenvalue weighted by molar-refractivity contribution is -0.140. The Hall–Kier alpha value is -2.32. The van der Waals surface area contributed by atoms with Crippen LogP contribution in [0.15, 0.2) is 29.0 Å². The van der Waals surface area contributed by atoms with Crippen LogP contribution in [-0.4, -0.2) is 69.7 Å². The van der Waals surface area contributed by atoms with Crippen LogP contribution >= 0.6 is 0 Å². The second-order valence-electron chi connectivity index (χ2n) is 6.31. The number of hydrogen-bond acceptors (Lipinski definition) is 7. The first-order chi connectivity index (χ1) is 12.3. The van der Waals surface area contributed by atoms with Crippen molar-refractivity contribution in [2.24, 2.45) is 0 Å². The largest absolute Gasteiger partial charge is 0.378 e. The minimum absolute atomic E-state index is 0.102. The Kier molecular flexibility index (Phi) is 4.71. The van der Waals surface area contributed by atoms with E-state index in [0.29, 0.717) is 44.6 Å². The van der Waals surface area contributed by atoms with Gasteiger partial charge in [-0.05, 0) is 31.5 Å². The van der Waals surface area contributed by atoms with E-state index >= 15 is 0 Å². The van der Waals surface area contributed by atoms with Gasteiger partial charge >= 0.3 is 0 Å². The van der Waals surface area contributed by atoms with E-state index < -0.39 is 0 Å².